The van der Waals surface area contributed by atoms with Crippen molar-refractivity contribution in [2.75, 3.05) is 5.75 Å². The number of benzene rings is 1. The summed E-state index contributed by atoms with van der Waals surface area (Å²) in [5.41, 5.74) is 0.721. The lowest BCUT2D eigenvalue weighted by molar-refractivity contribution is -0.136. The first-order valence-electron chi connectivity index (χ1n) is 6.39. The van der Waals surface area contributed by atoms with E-state index in [9.17, 15) is 9.00 Å². The zero-order chi connectivity index (χ0) is 13.8. The molecule has 1 aromatic carbocycles. The van der Waals surface area contributed by atoms with Crippen LogP contribution in [-0.2, 0) is 26.8 Å². The third-order valence-corrected chi connectivity index (χ3v) is 4.67. The smallest absolute Gasteiger partial charge is 0.307 e. The highest BCUT2D eigenvalue weighted by molar-refractivity contribution is 7.85. The van der Waals surface area contributed by atoms with Crippen LogP contribution >= 0.6 is 0 Å². The van der Waals surface area contributed by atoms with Gasteiger partial charge in [-0.05, 0) is 37.5 Å². The van der Waals surface area contributed by atoms with Crippen LogP contribution in [0.4, 0.5) is 0 Å². The van der Waals surface area contributed by atoms with Crippen LogP contribution in [0.25, 0.3) is 0 Å². The fraction of sp³-hybridized carbons (Fsp3) is 0.500. The van der Waals surface area contributed by atoms with Crippen LogP contribution in [0.2, 0.25) is 0 Å². The minimum atomic E-state index is -1.08. The number of carboxylic acids is 1. The van der Waals surface area contributed by atoms with E-state index < -0.39 is 16.8 Å². The zero-order valence-electron chi connectivity index (χ0n) is 10.9. The van der Waals surface area contributed by atoms with Crippen molar-refractivity contribution in [2.45, 2.75) is 43.3 Å². The van der Waals surface area contributed by atoms with Gasteiger partial charge in [-0.3, -0.25) is 9.00 Å². The number of carboxylic acid groups (broad SMARTS) is 1. The van der Waals surface area contributed by atoms with E-state index in [0.717, 1.165) is 23.3 Å². The lowest BCUT2D eigenvalue weighted by Crippen LogP contribution is -2.17. The molecular formula is C14H18O4S. The van der Waals surface area contributed by atoms with E-state index in [1.807, 2.05) is 6.92 Å². The van der Waals surface area contributed by atoms with Gasteiger partial charge in [0.2, 0.25) is 0 Å². The summed E-state index contributed by atoms with van der Waals surface area (Å²) in [5, 5.41) is 8.68. The number of carbonyl (C=O) groups is 1. The molecule has 3 atom stereocenters. The molecule has 104 valence electrons. The average Bonchev–Trinajstić information content (AvgIpc) is 2.75. The molecule has 19 heavy (non-hydrogen) atoms. The van der Waals surface area contributed by atoms with Gasteiger partial charge in [-0.15, -0.1) is 0 Å². The van der Waals surface area contributed by atoms with Crippen molar-refractivity contribution in [2.24, 2.45) is 0 Å². The van der Waals surface area contributed by atoms with Crippen molar-refractivity contribution in [3.63, 3.8) is 0 Å². The lowest BCUT2D eigenvalue weighted by Gasteiger charge is -2.10. The Balaban J connectivity index is 1.94. The van der Waals surface area contributed by atoms with E-state index in [4.69, 9.17) is 9.84 Å². The van der Waals surface area contributed by atoms with Gasteiger partial charge < -0.3 is 9.84 Å². The zero-order valence-corrected chi connectivity index (χ0v) is 11.7. The number of aliphatic carboxylic acids is 1. The van der Waals surface area contributed by atoms with Gasteiger partial charge in [0, 0.05) is 4.90 Å². The summed E-state index contributed by atoms with van der Waals surface area (Å²) in [6.45, 7) is 2.03. The number of hydrogen-bond acceptors (Lipinski definition) is 3. The number of rotatable bonds is 5. The summed E-state index contributed by atoms with van der Waals surface area (Å²) >= 11 is 0. The fourth-order valence-electron chi connectivity index (χ4n) is 2.21. The molecule has 5 heteroatoms. The van der Waals surface area contributed by atoms with Crippen molar-refractivity contribution in [1.29, 1.82) is 0 Å². The Morgan fingerprint density at radius 2 is 2.05 bits per heavy atom. The molecule has 1 aromatic rings. The fourth-order valence-corrected chi connectivity index (χ4v) is 3.42. The molecule has 1 fully saturated rings. The molecule has 1 N–H and O–H groups in total. The second kappa shape index (κ2) is 6.30. The third-order valence-electron chi connectivity index (χ3n) is 3.20. The minimum Gasteiger partial charge on any atom is -0.481 e. The van der Waals surface area contributed by atoms with Crippen molar-refractivity contribution in [3.8, 4) is 0 Å². The van der Waals surface area contributed by atoms with E-state index in [1.165, 1.54) is 0 Å². The highest BCUT2D eigenvalue weighted by Gasteiger charge is 2.24. The molecule has 0 saturated carbocycles. The molecule has 3 unspecified atom stereocenters. The largest absolute Gasteiger partial charge is 0.481 e. The molecule has 0 aliphatic carbocycles. The highest BCUT2D eigenvalue weighted by atomic mass is 32.2. The Morgan fingerprint density at radius 3 is 2.58 bits per heavy atom. The average molecular weight is 282 g/mol. The van der Waals surface area contributed by atoms with Crippen LogP contribution in [0.15, 0.2) is 29.2 Å². The maximum atomic E-state index is 12.2. The van der Waals surface area contributed by atoms with Gasteiger partial charge in [-0.2, -0.15) is 0 Å². The summed E-state index contributed by atoms with van der Waals surface area (Å²) in [6, 6.07) is 6.93. The molecular weight excluding hydrogens is 264 g/mol. The predicted octanol–water partition coefficient (Wildman–Crippen LogP) is 1.99. The van der Waals surface area contributed by atoms with Crippen LogP contribution < -0.4 is 0 Å². The van der Waals surface area contributed by atoms with Gasteiger partial charge in [0.15, 0.2) is 0 Å². The summed E-state index contributed by atoms with van der Waals surface area (Å²) in [5.74, 6) is -0.343. The first kappa shape index (κ1) is 14.2. The van der Waals surface area contributed by atoms with Crippen LogP contribution in [0.1, 0.15) is 25.3 Å². The van der Waals surface area contributed by atoms with Crippen molar-refractivity contribution in [1.82, 2.24) is 0 Å². The van der Waals surface area contributed by atoms with Crippen molar-refractivity contribution < 1.29 is 18.8 Å². The molecule has 4 nitrogen and oxygen atoms in total. The van der Waals surface area contributed by atoms with Gasteiger partial charge in [-0.25, -0.2) is 0 Å². The molecule has 0 spiro atoms. The van der Waals surface area contributed by atoms with Crippen molar-refractivity contribution in [3.05, 3.63) is 29.8 Å². The molecule has 1 heterocycles. The third kappa shape index (κ3) is 4.14. The molecule has 2 rings (SSSR count). The van der Waals surface area contributed by atoms with Crippen molar-refractivity contribution >= 4 is 16.8 Å². The van der Waals surface area contributed by atoms with Gasteiger partial charge in [-0.1, -0.05) is 12.1 Å². The Morgan fingerprint density at radius 1 is 1.37 bits per heavy atom. The van der Waals surface area contributed by atoms with E-state index in [1.54, 1.807) is 24.3 Å². The molecule has 1 aliphatic rings. The molecule has 0 aromatic heterocycles. The molecule has 1 saturated heterocycles. The second-order valence-electron chi connectivity index (χ2n) is 4.87. The lowest BCUT2D eigenvalue weighted by atomic mass is 10.2. The second-order valence-corrected chi connectivity index (χ2v) is 6.37. The van der Waals surface area contributed by atoms with Gasteiger partial charge in [0.25, 0.3) is 0 Å². The first-order chi connectivity index (χ1) is 9.04. The van der Waals surface area contributed by atoms with Crippen LogP contribution in [0.5, 0.6) is 0 Å². The van der Waals surface area contributed by atoms with E-state index in [0.29, 0.717) is 5.75 Å². The Hall–Kier alpha value is -1.20. The highest BCUT2D eigenvalue weighted by Crippen LogP contribution is 2.21. The molecule has 0 radical (unpaired) electrons. The maximum absolute atomic E-state index is 12.2. The quantitative estimate of drug-likeness (QED) is 0.897. The van der Waals surface area contributed by atoms with Crippen LogP contribution in [0.3, 0.4) is 0 Å². The van der Waals surface area contributed by atoms with Crippen LogP contribution in [0, 0.1) is 0 Å². The minimum absolute atomic E-state index is 0.00380. The Kier molecular flexibility index (Phi) is 4.71. The van der Waals surface area contributed by atoms with Gasteiger partial charge >= 0.3 is 5.97 Å². The summed E-state index contributed by atoms with van der Waals surface area (Å²) in [4.78, 5) is 11.3. The number of ether oxygens (including phenoxy) is 1. The van der Waals surface area contributed by atoms with E-state index in [2.05, 4.69) is 0 Å². The van der Waals surface area contributed by atoms with Gasteiger partial charge in [0.1, 0.15) is 0 Å². The van der Waals surface area contributed by atoms with Gasteiger partial charge in [0.05, 0.1) is 35.2 Å². The molecule has 1 aliphatic heterocycles. The van der Waals surface area contributed by atoms with E-state index in [-0.39, 0.29) is 18.6 Å². The van der Waals surface area contributed by atoms with E-state index >= 15 is 0 Å². The maximum Gasteiger partial charge on any atom is 0.307 e. The Labute approximate surface area is 115 Å². The first-order valence-corrected chi connectivity index (χ1v) is 7.71. The summed E-state index contributed by atoms with van der Waals surface area (Å²) in [7, 11) is -1.08. The number of hydrogen-bond donors (Lipinski definition) is 1. The normalized spacial score (nSPS) is 24.3. The monoisotopic (exact) mass is 282 g/mol. The topological polar surface area (TPSA) is 63.6 Å². The molecule has 0 amide bonds. The SMILES string of the molecule is CC1CCC(CS(=O)c2ccc(CC(=O)O)cc2)O1. The Bertz CT molecular complexity index is 469. The standard InChI is InChI=1S/C14H18O4S/c1-10-2-5-12(18-10)9-19(17)13-6-3-11(4-7-13)8-14(15)16/h3-4,6-7,10,12H,2,5,8-9H2,1H3,(H,15,16). The summed E-state index contributed by atoms with van der Waals surface area (Å²) < 4.78 is 17.8. The van der Waals surface area contributed by atoms with Crippen LogP contribution in [-0.4, -0.2) is 33.2 Å². The summed E-state index contributed by atoms with van der Waals surface area (Å²) in [6.07, 6.45) is 2.33. The molecule has 0 bridgehead atoms. The predicted molar refractivity (Wildman–Crippen MR) is 72.6 cm³/mol.